The van der Waals surface area contributed by atoms with Crippen LogP contribution in [0.3, 0.4) is 0 Å². The summed E-state index contributed by atoms with van der Waals surface area (Å²) in [5.74, 6) is -0.902. The van der Waals surface area contributed by atoms with E-state index in [4.69, 9.17) is 27.1 Å². The first-order chi connectivity index (χ1) is 15.4. The number of nitrogens with zero attached hydrogens (tertiary/aromatic N) is 2. The van der Waals surface area contributed by atoms with E-state index in [0.717, 1.165) is 0 Å². The largest absolute Gasteiger partial charge is 0.438 e. The molecule has 13 heteroatoms. The van der Waals surface area contributed by atoms with Crippen LogP contribution in [0.2, 0.25) is 0 Å². The molecule has 0 fully saturated rings. The summed E-state index contributed by atoms with van der Waals surface area (Å²) in [7, 11) is 0. The molecule has 0 spiro atoms. The molecule has 0 radical (unpaired) electrons. The van der Waals surface area contributed by atoms with Gasteiger partial charge >= 0.3 is 12.4 Å². The van der Waals surface area contributed by atoms with Crippen LogP contribution in [0.4, 0.5) is 32.0 Å². The van der Waals surface area contributed by atoms with E-state index in [2.05, 4.69) is 15.2 Å². The average molecular weight is 492 g/mol. The van der Waals surface area contributed by atoms with Crippen LogP contribution in [0.5, 0.6) is 11.6 Å². The van der Waals surface area contributed by atoms with Gasteiger partial charge in [-0.25, -0.2) is 10.1 Å². The van der Waals surface area contributed by atoms with E-state index >= 15 is 0 Å². The van der Waals surface area contributed by atoms with Crippen molar-refractivity contribution in [3.05, 3.63) is 46.3 Å². The van der Waals surface area contributed by atoms with E-state index < -0.39 is 30.2 Å². The fraction of sp³-hybridized carbons (Fsp3) is 0.350. The molecule has 0 aliphatic rings. The van der Waals surface area contributed by atoms with Crippen LogP contribution in [0.15, 0.2) is 34.7 Å². The lowest BCUT2D eigenvalue weighted by atomic mass is 10.1. The van der Waals surface area contributed by atoms with Gasteiger partial charge in [-0.2, -0.15) is 26.3 Å². The number of pyridine rings is 1. The molecule has 2 aromatic heterocycles. The SMILES string of the molecule is Nc1cc(C(F)(F)F)c(Oc2cccc(CCCCCC(F)(F)F)c2)nc1-c1n[nH]c(=S)o1. The van der Waals surface area contributed by atoms with E-state index in [-0.39, 0.29) is 34.3 Å². The third-order valence-electron chi connectivity index (χ3n) is 4.50. The highest BCUT2D eigenvalue weighted by Gasteiger charge is 2.37. The molecule has 6 nitrogen and oxygen atoms in total. The van der Waals surface area contributed by atoms with Crippen molar-refractivity contribution in [1.82, 2.24) is 15.2 Å². The second kappa shape index (κ2) is 9.81. The third-order valence-corrected chi connectivity index (χ3v) is 4.68. The van der Waals surface area contributed by atoms with Crippen LogP contribution >= 0.6 is 12.2 Å². The Bertz CT molecular complexity index is 1160. The Balaban J connectivity index is 1.80. The van der Waals surface area contributed by atoms with E-state index in [0.29, 0.717) is 30.9 Å². The second-order valence-corrected chi connectivity index (χ2v) is 7.49. The lowest BCUT2D eigenvalue weighted by Gasteiger charge is -2.15. The first-order valence-electron chi connectivity index (χ1n) is 9.69. The van der Waals surface area contributed by atoms with Gasteiger partial charge in [0.15, 0.2) is 5.69 Å². The maximum Gasteiger partial charge on any atom is 0.421 e. The number of aromatic amines is 1. The number of aromatic nitrogens is 3. The molecule has 3 N–H and O–H groups in total. The number of unbranched alkanes of at least 4 members (excludes halogenated alkanes) is 2. The van der Waals surface area contributed by atoms with Gasteiger partial charge in [0.1, 0.15) is 11.3 Å². The number of nitrogen functional groups attached to an aromatic ring is 1. The number of H-pyrrole nitrogens is 1. The number of aryl methyl sites for hydroxylation is 1. The highest BCUT2D eigenvalue weighted by Crippen LogP contribution is 2.40. The normalized spacial score (nSPS) is 12.2. The number of alkyl halides is 6. The number of rotatable bonds is 8. The van der Waals surface area contributed by atoms with Crippen molar-refractivity contribution in [2.75, 3.05) is 5.73 Å². The summed E-state index contributed by atoms with van der Waals surface area (Å²) in [5, 5.41) is 6.05. The summed E-state index contributed by atoms with van der Waals surface area (Å²) in [6.07, 6.45) is -8.55. The van der Waals surface area contributed by atoms with Crippen LogP contribution in [-0.2, 0) is 12.6 Å². The number of nitrogens with one attached hydrogen (secondary N) is 1. The highest BCUT2D eigenvalue weighted by atomic mass is 32.1. The quantitative estimate of drug-likeness (QED) is 0.203. The molecule has 33 heavy (non-hydrogen) atoms. The number of benzene rings is 1. The summed E-state index contributed by atoms with van der Waals surface area (Å²) in [5.41, 5.74) is 4.68. The first kappa shape index (κ1) is 24.6. The van der Waals surface area contributed by atoms with Crippen molar-refractivity contribution in [3.8, 4) is 23.2 Å². The standard InChI is InChI=1S/C20H18F6N4O2S/c21-19(22,23)8-3-1-2-5-11-6-4-7-12(9-11)31-16-13(20(24,25)26)10-14(27)15(28-16)17-29-30-18(33)32-17/h4,6-7,9-10H,1-3,5,8,27H2,(H,30,33). The van der Waals surface area contributed by atoms with Crippen molar-refractivity contribution in [2.24, 2.45) is 0 Å². The van der Waals surface area contributed by atoms with Gasteiger partial charge in [-0.15, -0.1) is 5.10 Å². The summed E-state index contributed by atoms with van der Waals surface area (Å²) >= 11 is 4.76. The predicted molar refractivity (Wildman–Crippen MR) is 109 cm³/mol. The van der Waals surface area contributed by atoms with E-state index in [1.807, 2.05) is 0 Å². The zero-order chi connectivity index (χ0) is 24.2. The molecule has 3 aromatic rings. The lowest BCUT2D eigenvalue weighted by molar-refractivity contribution is -0.139. The third kappa shape index (κ3) is 6.94. The van der Waals surface area contributed by atoms with Crippen molar-refractivity contribution in [1.29, 1.82) is 0 Å². The highest BCUT2D eigenvalue weighted by molar-refractivity contribution is 7.71. The second-order valence-electron chi connectivity index (χ2n) is 7.12. The number of hydrogen-bond acceptors (Lipinski definition) is 6. The summed E-state index contributed by atoms with van der Waals surface area (Å²) in [6.45, 7) is 0. The number of nitrogens with two attached hydrogens (primary N) is 1. The minimum absolute atomic E-state index is 0.0109. The van der Waals surface area contributed by atoms with E-state index in [1.54, 1.807) is 12.1 Å². The Hall–Kier alpha value is -3.09. The van der Waals surface area contributed by atoms with Gasteiger partial charge in [-0.05, 0) is 55.2 Å². The number of anilines is 1. The molecule has 0 unspecified atom stereocenters. The van der Waals surface area contributed by atoms with Gasteiger partial charge in [0.2, 0.25) is 5.88 Å². The minimum atomic E-state index is -4.81. The maximum atomic E-state index is 13.6. The van der Waals surface area contributed by atoms with Crippen LogP contribution in [0.1, 0.15) is 36.8 Å². The van der Waals surface area contributed by atoms with Crippen molar-refractivity contribution < 1.29 is 35.5 Å². The van der Waals surface area contributed by atoms with E-state index in [9.17, 15) is 26.3 Å². The molecule has 0 amide bonds. The Morgan fingerprint density at radius 3 is 2.45 bits per heavy atom. The summed E-state index contributed by atoms with van der Waals surface area (Å²) in [4.78, 5) is 3.75. The predicted octanol–water partition coefficient (Wildman–Crippen LogP) is 6.85. The molecule has 0 atom stereocenters. The molecule has 0 bridgehead atoms. The fourth-order valence-corrected chi connectivity index (χ4v) is 3.13. The minimum Gasteiger partial charge on any atom is -0.438 e. The van der Waals surface area contributed by atoms with Crippen LogP contribution in [-0.4, -0.2) is 21.4 Å². The molecule has 0 saturated heterocycles. The van der Waals surface area contributed by atoms with Gasteiger partial charge in [0, 0.05) is 6.42 Å². The van der Waals surface area contributed by atoms with Crippen molar-refractivity contribution in [2.45, 2.75) is 44.5 Å². The molecule has 3 rings (SSSR count). The molecule has 1 aromatic carbocycles. The molecule has 178 valence electrons. The van der Waals surface area contributed by atoms with Crippen LogP contribution in [0.25, 0.3) is 11.6 Å². The molecular weight excluding hydrogens is 474 g/mol. The molecular formula is C20H18F6N4O2S. The molecule has 0 aliphatic heterocycles. The van der Waals surface area contributed by atoms with Crippen molar-refractivity contribution in [3.63, 3.8) is 0 Å². The Morgan fingerprint density at radius 1 is 1.06 bits per heavy atom. The molecule has 0 saturated carbocycles. The lowest BCUT2D eigenvalue weighted by Crippen LogP contribution is -2.11. The van der Waals surface area contributed by atoms with Gasteiger partial charge in [0.05, 0.1) is 5.69 Å². The maximum absolute atomic E-state index is 13.6. The Kier molecular flexibility index (Phi) is 7.30. The zero-order valence-corrected chi connectivity index (χ0v) is 17.7. The van der Waals surface area contributed by atoms with Gasteiger partial charge in [-0.1, -0.05) is 18.6 Å². The van der Waals surface area contributed by atoms with Crippen molar-refractivity contribution >= 4 is 17.9 Å². The first-order valence-corrected chi connectivity index (χ1v) is 10.1. The average Bonchev–Trinajstić information content (AvgIpc) is 3.13. The Morgan fingerprint density at radius 2 is 1.82 bits per heavy atom. The number of hydrogen-bond donors (Lipinski definition) is 2. The van der Waals surface area contributed by atoms with Crippen LogP contribution in [0, 0.1) is 4.84 Å². The number of ether oxygens (including phenoxy) is 1. The van der Waals surface area contributed by atoms with Crippen LogP contribution < -0.4 is 10.5 Å². The summed E-state index contributed by atoms with van der Waals surface area (Å²) in [6, 6.07) is 6.87. The van der Waals surface area contributed by atoms with Gasteiger partial charge < -0.3 is 14.9 Å². The Labute approximate surface area is 188 Å². The monoisotopic (exact) mass is 492 g/mol. The number of halogens is 6. The molecule has 2 heterocycles. The zero-order valence-electron chi connectivity index (χ0n) is 16.9. The topological polar surface area (TPSA) is 90.0 Å². The summed E-state index contributed by atoms with van der Waals surface area (Å²) < 4.78 is 87.8. The molecule has 0 aliphatic carbocycles. The van der Waals surface area contributed by atoms with Gasteiger partial charge in [-0.3, -0.25) is 0 Å². The smallest absolute Gasteiger partial charge is 0.421 e. The van der Waals surface area contributed by atoms with E-state index in [1.165, 1.54) is 12.1 Å². The fourth-order valence-electron chi connectivity index (χ4n) is 3.00. The van der Waals surface area contributed by atoms with Gasteiger partial charge in [0.25, 0.3) is 10.7 Å².